The number of aliphatic hydroxyl groups is 1. The monoisotopic (exact) mass is 370 g/mol. The van der Waals surface area contributed by atoms with E-state index >= 15 is 0 Å². The van der Waals surface area contributed by atoms with E-state index < -0.39 is 29.4 Å². The minimum absolute atomic E-state index is 0.0691. The third kappa shape index (κ3) is 3.36. The van der Waals surface area contributed by atoms with Gasteiger partial charge in [0, 0.05) is 10.9 Å². The number of carbonyl (C=O) groups is 2. The van der Waals surface area contributed by atoms with Crippen LogP contribution in [0.1, 0.15) is 32.1 Å². The molecule has 5 nitrogen and oxygen atoms in total. The van der Waals surface area contributed by atoms with Crippen LogP contribution in [0, 0.1) is 23.2 Å². The number of fused-ring (bicyclic) bond motifs is 1. The van der Waals surface area contributed by atoms with Crippen LogP contribution >= 0.6 is 15.9 Å². The number of hydrogen-bond acceptors (Lipinski definition) is 5. The summed E-state index contributed by atoms with van der Waals surface area (Å²) in [5.41, 5.74) is -1.41. The van der Waals surface area contributed by atoms with Crippen LogP contribution in [0.5, 0.6) is 0 Å². The van der Waals surface area contributed by atoms with Gasteiger partial charge in [-0.2, -0.15) is 0 Å². The van der Waals surface area contributed by atoms with Crippen molar-refractivity contribution in [3.05, 3.63) is 10.6 Å². The molecule has 0 unspecified atom stereocenters. The normalized spacial score (nSPS) is 32.3. The van der Waals surface area contributed by atoms with Gasteiger partial charge >= 0.3 is 11.9 Å². The van der Waals surface area contributed by atoms with Gasteiger partial charge in [0.25, 0.3) is 0 Å². The molecule has 1 aliphatic carbocycles. The van der Waals surface area contributed by atoms with Gasteiger partial charge in [-0.15, -0.1) is 5.92 Å². The highest BCUT2D eigenvalue weighted by atomic mass is 79.9. The molecule has 2 rings (SSSR count). The second-order valence-corrected chi connectivity index (χ2v) is 6.39. The third-order valence-electron chi connectivity index (χ3n) is 3.99. The van der Waals surface area contributed by atoms with E-state index in [-0.39, 0.29) is 6.42 Å². The first-order valence-electron chi connectivity index (χ1n) is 7.32. The molecule has 0 amide bonds. The Hall–Kier alpha value is -1.32. The average molecular weight is 371 g/mol. The third-order valence-corrected chi connectivity index (χ3v) is 4.74. The molecule has 1 N–H and O–H groups in total. The largest absolute Gasteiger partial charge is 0.468 e. The molecule has 0 fully saturated rings. The topological polar surface area (TPSA) is 72.8 Å². The Morgan fingerprint density at radius 2 is 2.27 bits per heavy atom. The van der Waals surface area contributed by atoms with Crippen LogP contribution in [0.15, 0.2) is 10.6 Å². The van der Waals surface area contributed by atoms with Crippen LogP contribution in [-0.4, -0.2) is 36.9 Å². The summed E-state index contributed by atoms with van der Waals surface area (Å²) < 4.78 is 10.6. The molecule has 0 bridgehead atoms. The van der Waals surface area contributed by atoms with E-state index in [0.717, 1.165) is 19.3 Å². The molecule has 1 aliphatic heterocycles. The first-order chi connectivity index (χ1) is 10.5. The van der Waals surface area contributed by atoms with Crippen molar-refractivity contribution in [3.8, 4) is 11.8 Å². The predicted octanol–water partition coefficient (Wildman–Crippen LogP) is 1.93. The number of aliphatic hydroxyl groups excluding tert-OH is 1. The van der Waals surface area contributed by atoms with Crippen molar-refractivity contribution in [2.75, 3.05) is 13.7 Å². The Kier molecular flexibility index (Phi) is 5.65. The van der Waals surface area contributed by atoms with E-state index in [4.69, 9.17) is 9.47 Å². The highest BCUT2D eigenvalue weighted by Crippen LogP contribution is 2.43. The standard InChI is InChI=1S/C16H19BrO5/c1-21-15(20)16-7-5-3-2-4-6-8-22-14(19)11(16)9-13(18)12(17)10-16/h10-11,13,18H,2-4,6,8-9H2,1H3/t11-,13+,16+/m0/s1. The fourth-order valence-corrected chi connectivity index (χ4v) is 3.28. The number of halogens is 1. The maximum atomic E-state index is 12.4. The number of carbonyl (C=O) groups excluding carboxylic acids is 2. The van der Waals surface area contributed by atoms with Crippen molar-refractivity contribution in [3.63, 3.8) is 0 Å². The Morgan fingerprint density at radius 3 is 3.00 bits per heavy atom. The fourth-order valence-electron chi connectivity index (χ4n) is 2.74. The molecule has 0 saturated carbocycles. The lowest BCUT2D eigenvalue weighted by molar-refractivity contribution is -0.163. The molecule has 22 heavy (non-hydrogen) atoms. The van der Waals surface area contributed by atoms with E-state index in [1.54, 1.807) is 0 Å². The van der Waals surface area contributed by atoms with Crippen molar-refractivity contribution in [1.82, 2.24) is 0 Å². The average Bonchev–Trinajstić information content (AvgIpc) is 2.54. The Labute approximate surface area is 138 Å². The molecule has 0 saturated heterocycles. The van der Waals surface area contributed by atoms with Crippen molar-refractivity contribution < 1.29 is 24.2 Å². The molecule has 0 spiro atoms. The minimum Gasteiger partial charge on any atom is -0.468 e. The van der Waals surface area contributed by atoms with Crippen molar-refractivity contribution >= 4 is 27.9 Å². The van der Waals surface area contributed by atoms with Crippen LogP contribution < -0.4 is 0 Å². The fraction of sp³-hybridized carbons (Fsp3) is 0.625. The van der Waals surface area contributed by atoms with Crippen molar-refractivity contribution in [2.24, 2.45) is 11.3 Å². The SMILES string of the molecule is COC(=O)[C@@]12C#CCCCCCOC(=O)[C@@H]1C[C@@H](O)C(Br)=C2. The van der Waals surface area contributed by atoms with Crippen LogP contribution in [-0.2, 0) is 19.1 Å². The second kappa shape index (κ2) is 7.30. The molecule has 6 heteroatoms. The molecular formula is C16H19BrO5. The summed E-state index contributed by atoms with van der Waals surface area (Å²) in [5, 5.41) is 10.0. The molecule has 0 aromatic rings. The summed E-state index contributed by atoms with van der Waals surface area (Å²) >= 11 is 3.25. The molecule has 0 aromatic heterocycles. The van der Waals surface area contributed by atoms with Crippen LogP contribution in [0.25, 0.3) is 0 Å². The number of methoxy groups -OCH3 is 1. The van der Waals surface area contributed by atoms with Gasteiger partial charge in [0.15, 0.2) is 5.41 Å². The molecule has 0 radical (unpaired) electrons. The summed E-state index contributed by atoms with van der Waals surface area (Å²) in [4.78, 5) is 24.8. The molecular weight excluding hydrogens is 352 g/mol. The smallest absolute Gasteiger partial charge is 0.328 e. The highest BCUT2D eigenvalue weighted by molar-refractivity contribution is 9.11. The maximum absolute atomic E-state index is 12.4. The summed E-state index contributed by atoms with van der Waals surface area (Å²) in [6.45, 7) is 0.313. The number of esters is 2. The highest BCUT2D eigenvalue weighted by Gasteiger charge is 2.52. The van der Waals surface area contributed by atoms with Gasteiger partial charge in [-0.25, -0.2) is 0 Å². The zero-order chi connectivity index (χ0) is 16.2. The van der Waals surface area contributed by atoms with Gasteiger partial charge in [-0.1, -0.05) is 21.9 Å². The van der Waals surface area contributed by atoms with Gasteiger partial charge in [0.2, 0.25) is 0 Å². The first-order valence-corrected chi connectivity index (χ1v) is 8.12. The lowest BCUT2D eigenvalue weighted by atomic mass is 9.69. The second-order valence-electron chi connectivity index (χ2n) is 5.47. The van der Waals surface area contributed by atoms with Crippen molar-refractivity contribution in [1.29, 1.82) is 0 Å². The Morgan fingerprint density at radius 1 is 1.50 bits per heavy atom. The molecule has 120 valence electrons. The van der Waals surface area contributed by atoms with E-state index in [9.17, 15) is 14.7 Å². The van der Waals surface area contributed by atoms with Crippen molar-refractivity contribution in [2.45, 2.75) is 38.2 Å². The van der Waals surface area contributed by atoms with Gasteiger partial charge in [0.05, 0.1) is 25.7 Å². The first kappa shape index (κ1) is 17.0. The number of hydrogen-bond donors (Lipinski definition) is 1. The van der Waals surface area contributed by atoms with Gasteiger partial charge in [0.1, 0.15) is 0 Å². The lowest BCUT2D eigenvalue weighted by Gasteiger charge is -2.35. The summed E-state index contributed by atoms with van der Waals surface area (Å²) in [6, 6.07) is 0. The van der Waals surface area contributed by atoms with Gasteiger partial charge in [-0.3, -0.25) is 9.59 Å². The zero-order valence-electron chi connectivity index (χ0n) is 12.4. The maximum Gasteiger partial charge on any atom is 0.328 e. The molecule has 0 aromatic carbocycles. The van der Waals surface area contributed by atoms with Gasteiger partial charge < -0.3 is 14.6 Å². The summed E-state index contributed by atoms with van der Waals surface area (Å²) in [5.74, 6) is 3.91. The molecule has 3 atom stereocenters. The van der Waals surface area contributed by atoms with E-state index in [1.165, 1.54) is 13.2 Å². The van der Waals surface area contributed by atoms with E-state index in [1.807, 2.05) is 0 Å². The number of rotatable bonds is 1. The van der Waals surface area contributed by atoms with Crippen LogP contribution in [0.3, 0.4) is 0 Å². The number of cyclic esters (lactones) is 1. The molecule has 2 aliphatic rings. The molecule has 1 heterocycles. The number of ether oxygens (including phenoxy) is 2. The van der Waals surface area contributed by atoms with E-state index in [2.05, 4.69) is 27.8 Å². The Bertz CT molecular complexity index is 544. The summed E-state index contributed by atoms with van der Waals surface area (Å²) in [7, 11) is 1.26. The van der Waals surface area contributed by atoms with Crippen LogP contribution in [0.2, 0.25) is 0 Å². The lowest BCUT2D eigenvalue weighted by Crippen LogP contribution is -2.46. The Balaban J connectivity index is 2.52. The predicted molar refractivity (Wildman–Crippen MR) is 82.8 cm³/mol. The zero-order valence-corrected chi connectivity index (χ0v) is 14.0. The minimum atomic E-state index is -1.41. The van der Waals surface area contributed by atoms with E-state index in [0.29, 0.717) is 17.5 Å². The summed E-state index contributed by atoms with van der Waals surface area (Å²) in [6.07, 6.45) is 3.92. The van der Waals surface area contributed by atoms with Crippen LogP contribution in [0.4, 0.5) is 0 Å². The quantitative estimate of drug-likeness (QED) is 0.563. The van der Waals surface area contributed by atoms with Gasteiger partial charge in [-0.05, 0) is 31.8 Å².